The summed E-state index contributed by atoms with van der Waals surface area (Å²) in [5, 5.41) is 12.2. The zero-order valence-electron chi connectivity index (χ0n) is 11.0. The van der Waals surface area contributed by atoms with E-state index in [9.17, 15) is 4.39 Å². The fourth-order valence-electron chi connectivity index (χ4n) is 2.52. The van der Waals surface area contributed by atoms with Crippen molar-refractivity contribution in [2.24, 2.45) is 5.41 Å². The molecule has 1 N–H and O–H groups in total. The average molecular weight is 246 g/mol. The second-order valence-corrected chi connectivity index (χ2v) is 5.92. The number of anilines is 1. The monoisotopic (exact) mass is 246 g/mol. The smallest absolute Gasteiger partial charge is 0.126 e. The Balaban J connectivity index is 2.02. The van der Waals surface area contributed by atoms with Gasteiger partial charge in [-0.3, -0.25) is 0 Å². The van der Waals surface area contributed by atoms with E-state index in [2.05, 4.69) is 19.2 Å². The SMILES string of the molecule is CC1(C)CCC(Nc2cc(F)cc(C#N)c2)CC1. The summed E-state index contributed by atoms with van der Waals surface area (Å²) in [7, 11) is 0. The van der Waals surface area contributed by atoms with E-state index in [-0.39, 0.29) is 5.82 Å². The molecule has 1 fully saturated rings. The van der Waals surface area contributed by atoms with Crippen LogP contribution in [0.1, 0.15) is 45.1 Å². The van der Waals surface area contributed by atoms with Crippen LogP contribution in [-0.4, -0.2) is 6.04 Å². The fourth-order valence-corrected chi connectivity index (χ4v) is 2.52. The minimum absolute atomic E-state index is 0.354. The van der Waals surface area contributed by atoms with Gasteiger partial charge in [0, 0.05) is 11.7 Å². The summed E-state index contributed by atoms with van der Waals surface area (Å²) in [6.07, 6.45) is 4.58. The van der Waals surface area contributed by atoms with E-state index in [1.165, 1.54) is 25.0 Å². The van der Waals surface area contributed by atoms with Crippen LogP contribution in [0.25, 0.3) is 0 Å². The molecule has 0 heterocycles. The minimum atomic E-state index is -0.354. The Morgan fingerprint density at radius 1 is 1.28 bits per heavy atom. The molecule has 0 spiro atoms. The van der Waals surface area contributed by atoms with Gasteiger partial charge < -0.3 is 5.32 Å². The van der Waals surface area contributed by atoms with Crippen LogP contribution in [0.15, 0.2) is 18.2 Å². The van der Waals surface area contributed by atoms with E-state index in [0.29, 0.717) is 17.0 Å². The first-order chi connectivity index (χ1) is 8.48. The highest BCUT2D eigenvalue weighted by Gasteiger charge is 2.26. The lowest BCUT2D eigenvalue weighted by atomic mass is 9.75. The predicted molar refractivity (Wildman–Crippen MR) is 70.8 cm³/mol. The van der Waals surface area contributed by atoms with Crippen LogP contribution in [0.3, 0.4) is 0 Å². The van der Waals surface area contributed by atoms with Gasteiger partial charge in [0.15, 0.2) is 0 Å². The molecule has 0 bridgehead atoms. The van der Waals surface area contributed by atoms with E-state index in [0.717, 1.165) is 18.5 Å². The molecule has 0 amide bonds. The molecule has 1 saturated carbocycles. The largest absolute Gasteiger partial charge is 0.382 e. The number of halogens is 1. The van der Waals surface area contributed by atoms with E-state index >= 15 is 0 Å². The molecular formula is C15H19FN2. The summed E-state index contributed by atoms with van der Waals surface area (Å²) >= 11 is 0. The van der Waals surface area contributed by atoms with Gasteiger partial charge in [0.05, 0.1) is 11.6 Å². The van der Waals surface area contributed by atoms with Crippen molar-refractivity contribution in [3.63, 3.8) is 0 Å². The lowest BCUT2D eigenvalue weighted by molar-refractivity contribution is 0.232. The minimum Gasteiger partial charge on any atom is -0.382 e. The van der Waals surface area contributed by atoms with Crippen molar-refractivity contribution >= 4 is 5.69 Å². The molecular weight excluding hydrogens is 227 g/mol. The number of hydrogen-bond acceptors (Lipinski definition) is 2. The van der Waals surface area contributed by atoms with Crippen molar-refractivity contribution in [2.45, 2.75) is 45.6 Å². The highest BCUT2D eigenvalue weighted by Crippen LogP contribution is 2.36. The van der Waals surface area contributed by atoms with Gasteiger partial charge in [0.1, 0.15) is 5.82 Å². The van der Waals surface area contributed by atoms with Crippen molar-refractivity contribution < 1.29 is 4.39 Å². The third-order valence-electron chi connectivity index (χ3n) is 3.74. The van der Waals surface area contributed by atoms with E-state index in [4.69, 9.17) is 5.26 Å². The number of benzene rings is 1. The Labute approximate surface area is 108 Å². The second-order valence-electron chi connectivity index (χ2n) is 5.92. The molecule has 2 nitrogen and oxygen atoms in total. The zero-order valence-corrected chi connectivity index (χ0v) is 11.0. The Morgan fingerprint density at radius 2 is 1.94 bits per heavy atom. The van der Waals surface area contributed by atoms with Crippen molar-refractivity contribution in [1.29, 1.82) is 5.26 Å². The molecule has 0 aromatic heterocycles. The van der Waals surface area contributed by atoms with Gasteiger partial charge in [-0.05, 0) is 49.3 Å². The molecule has 96 valence electrons. The van der Waals surface area contributed by atoms with Crippen molar-refractivity contribution in [3.05, 3.63) is 29.6 Å². The Hall–Kier alpha value is -1.56. The fraction of sp³-hybridized carbons (Fsp3) is 0.533. The van der Waals surface area contributed by atoms with E-state index in [1.54, 1.807) is 6.07 Å². The molecule has 0 unspecified atom stereocenters. The number of nitriles is 1. The first kappa shape index (κ1) is 12.9. The molecule has 1 aliphatic rings. The standard InChI is InChI=1S/C15H19FN2/c1-15(2)5-3-13(4-6-15)18-14-8-11(10-17)7-12(16)9-14/h7-9,13,18H,3-6H2,1-2H3. The van der Waals surface area contributed by atoms with E-state index < -0.39 is 0 Å². The van der Waals surface area contributed by atoms with Crippen LogP contribution in [0.2, 0.25) is 0 Å². The molecule has 2 rings (SSSR count). The topological polar surface area (TPSA) is 35.8 Å². The lowest BCUT2D eigenvalue weighted by Crippen LogP contribution is -2.29. The second kappa shape index (κ2) is 4.97. The average Bonchev–Trinajstić information content (AvgIpc) is 2.31. The number of nitrogens with one attached hydrogen (secondary N) is 1. The first-order valence-electron chi connectivity index (χ1n) is 6.46. The van der Waals surface area contributed by atoms with Gasteiger partial charge >= 0.3 is 0 Å². The molecule has 1 aromatic carbocycles. The maximum Gasteiger partial charge on any atom is 0.126 e. The molecule has 3 heteroatoms. The summed E-state index contributed by atoms with van der Waals surface area (Å²) in [5.41, 5.74) is 1.52. The van der Waals surface area contributed by atoms with E-state index in [1.807, 2.05) is 6.07 Å². The number of nitrogens with zero attached hydrogens (tertiary/aromatic N) is 1. The van der Waals surface area contributed by atoms with Gasteiger partial charge in [-0.1, -0.05) is 13.8 Å². The third-order valence-corrected chi connectivity index (χ3v) is 3.74. The molecule has 18 heavy (non-hydrogen) atoms. The first-order valence-corrected chi connectivity index (χ1v) is 6.46. The van der Waals surface area contributed by atoms with Gasteiger partial charge in [0.25, 0.3) is 0 Å². The van der Waals surface area contributed by atoms with Crippen LogP contribution in [0.4, 0.5) is 10.1 Å². The molecule has 1 aromatic rings. The van der Waals surface area contributed by atoms with Crippen LogP contribution in [0.5, 0.6) is 0 Å². The van der Waals surface area contributed by atoms with Crippen LogP contribution in [-0.2, 0) is 0 Å². The maximum atomic E-state index is 13.3. The van der Waals surface area contributed by atoms with Gasteiger partial charge in [-0.25, -0.2) is 4.39 Å². The van der Waals surface area contributed by atoms with Crippen molar-refractivity contribution in [3.8, 4) is 6.07 Å². The summed E-state index contributed by atoms with van der Waals surface area (Å²) in [5.74, 6) is -0.354. The normalized spacial score (nSPS) is 19.2. The van der Waals surface area contributed by atoms with Gasteiger partial charge in [0.2, 0.25) is 0 Å². The van der Waals surface area contributed by atoms with Crippen LogP contribution in [0, 0.1) is 22.6 Å². The Bertz CT molecular complexity index is 464. The Kier molecular flexibility index (Phi) is 3.56. The number of rotatable bonds is 2. The zero-order chi connectivity index (χ0) is 13.2. The number of hydrogen-bond donors (Lipinski definition) is 1. The summed E-state index contributed by atoms with van der Waals surface area (Å²) in [4.78, 5) is 0. The van der Waals surface area contributed by atoms with Crippen LogP contribution >= 0.6 is 0 Å². The van der Waals surface area contributed by atoms with Gasteiger partial charge in [-0.15, -0.1) is 0 Å². The highest BCUT2D eigenvalue weighted by atomic mass is 19.1. The van der Waals surface area contributed by atoms with Crippen molar-refractivity contribution in [2.75, 3.05) is 5.32 Å². The lowest BCUT2D eigenvalue weighted by Gasteiger charge is -2.35. The van der Waals surface area contributed by atoms with Gasteiger partial charge in [-0.2, -0.15) is 5.26 Å². The molecule has 0 saturated heterocycles. The molecule has 1 aliphatic carbocycles. The summed E-state index contributed by atoms with van der Waals surface area (Å²) in [6, 6.07) is 6.80. The molecule has 0 atom stereocenters. The summed E-state index contributed by atoms with van der Waals surface area (Å²) in [6.45, 7) is 4.58. The highest BCUT2D eigenvalue weighted by molar-refractivity contribution is 5.50. The maximum absolute atomic E-state index is 13.3. The van der Waals surface area contributed by atoms with Crippen LogP contribution < -0.4 is 5.32 Å². The third kappa shape index (κ3) is 3.22. The molecule has 0 radical (unpaired) electrons. The predicted octanol–water partition coefficient (Wildman–Crippen LogP) is 4.08. The summed E-state index contributed by atoms with van der Waals surface area (Å²) < 4.78 is 13.3. The molecule has 0 aliphatic heterocycles. The van der Waals surface area contributed by atoms with Crippen molar-refractivity contribution in [1.82, 2.24) is 0 Å². The Morgan fingerprint density at radius 3 is 2.56 bits per heavy atom. The quantitative estimate of drug-likeness (QED) is 0.853.